The number of nitrogens with zero attached hydrogens (tertiary/aromatic N) is 1. The van der Waals surface area contributed by atoms with Crippen molar-refractivity contribution in [2.45, 2.75) is 0 Å². The van der Waals surface area contributed by atoms with Gasteiger partial charge in [-0.3, -0.25) is 4.40 Å². The number of aromatic nitrogens is 2. The molecule has 5 aromatic heterocycles. The molecule has 5 heterocycles. The number of para-hydroxylation sites is 1. The van der Waals surface area contributed by atoms with Crippen molar-refractivity contribution in [3.8, 4) is 0 Å². The van der Waals surface area contributed by atoms with E-state index in [9.17, 15) is 0 Å². The Labute approximate surface area is 161 Å². The molecule has 130 valence electrons. The zero-order valence-corrected chi connectivity index (χ0v) is 15.4. The van der Waals surface area contributed by atoms with Crippen LogP contribution in [0.4, 0.5) is 0 Å². The van der Waals surface area contributed by atoms with Crippen LogP contribution in [-0.4, -0.2) is 9.38 Å². The van der Waals surface area contributed by atoms with E-state index >= 15 is 0 Å². The molecule has 0 unspecified atom stereocenters. The van der Waals surface area contributed by atoms with E-state index < -0.39 is 0 Å². The molecule has 0 aliphatic rings. The predicted molar refractivity (Wildman–Crippen MR) is 118 cm³/mol. The van der Waals surface area contributed by atoms with Crippen molar-refractivity contribution in [1.29, 1.82) is 0 Å². The Kier molecular flexibility index (Phi) is 2.10. The average molecular weight is 376 g/mol. The lowest BCUT2D eigenvalue weighted by atomic mass is 10.1. The second-order valence-corrected chi connectivity index (χ2v) is 8.38. The highest BCUT2D eigenvalue weighted by Gasteiger charge is 2.23. The summed E-state index contributed by atoms with van der Waals surface area (Å²) in [6.45, 7) is 0. The molecule has 0 saturated heterocycles. The summed E-state index contributed by atoms with van der Waals surface area (Å²) in [5, 5.41) is 9.73. The van der Waals surface area contributed by atoms with Crippen LogP contribution in [0.25, 0.3) is 70.4 Å². The lowest BCUT2D eigenvalue weighted by Crippen LogP contribution is -1.82. The molecule has 0 spiro atoms. The maximum atomic E-state index is 6.37. The van der Waals surface area contributed by atoms with Gasteiger partial charge in [-0.05, 0) is 47.2 Å². The third-order valence-corrected chi connectivity index (χ3v) is 7.06. The molecular formula is C24H12N2OS. The summed E-state index contributed by atoms with van der Waals surface area (Å²) in [5.74, 6) is 0. The normalized spacial score (nSPS) is 13.0. The zero-order chi connectivity index (χ0) is 18.0. The van der Waals surface area contributed by atoms with Gasteiger partial charge in [0.1, 0.15) is 15.9 Å². The van der Waals surface area contributed by atoms with Crippen LogP contribution in [-0.2, 0) is 0 Å². The Morgan fingerprint density at radius 2 is 1.61 bits per heavy atom. The number of hydrogen-bond donors (Lipinski definition) is 1. The minimum Gasteiger partial charge on any atom is -0.454 e. The van der Waals surface area contributed by atoms with Gasteiger partial charge in [0.05, 0.1) is 5.52 Å². The van der Waals surface area contributed by atoms with E-state index in [1.54, 1.807) is 11.3 Å². The van der Waals surface area contributed by atoms with Crippen molar-refractivity contribution in [3.05, 3.63) is 66.0 Å². The molecular weight excluding hydrogens is 364 g/mol. The Bertz CT molecular complexity index is 1870. The number of aromatic amines is 1. The van der Waals surface area contributed by atoms with E-state index in [2.05, 4.69) is 69.4 Å². The number of fused-ring (bicyclic) bond motifs is 8. The van der Waals surface area contributed by atoms with Crippen molar-refractivity contribution in [2.24, 2.45) is 0 Å². The lowest BCUT2D eigenvalue weighted by Gasteiger charge is -1.99. The van der Waals surface area contributed by atoms with E-state index in [0.717, 1.165) is 11.2 Å². The van der Waals surface area contributed by atoms with E-state index in [4.69, 9.17) is 4.42 Å². The summed E-state index contributed by atoms with van der Waals surface area (Å²) >= 11 is 1.80. The fraction of sp³-hybridized carbons (Fsp3) is 0. The molecule has 0 saturated carbocycles. The molecule has 0 fully saturated rings. The van der Waals surface area contributed by atoms with Crippen molar-refractivity contribution in [3.63, 3.8) is 0 Å². The van der Waals surface area contributed by atoms with Gasteiger partial charge in [-0.2, -0.15) is 0 Å². The van der Waals surface area contributed by atoms with Crippen molar-refractivity contribution in [1.82, 2.24) is 9.38 Å². The van der Waals surface area contributed by atoms with Crippen LogP contribution in [0.5, 0.6) is 0 Å². The number of hydrogen-bond acceptors (Lipinski definition) is 2. The van der Waals surface area contributed by atoms with Crippen molar-refractivity contribution >= 4 is 81.7 Å². The molecule has 4 heteroatoms. The molecule has 0 amide bonds. The van der Waals surface area contributed by atoms with E-state index in [1.807, 2.05) is 6.07 Å². The van der Waals surface area contributed by atoms with Gasteiger partial charge in [0.25, 0.3) is 0 Å². The summed E-state index contributed by atoms with van der Waals surface area (Å²) in [6.07, 6.45) is 0. The molecule has 8 aromatic rings. The SMILES string of the molecule is c1ccc2c(c1)oc1c3ccc4[nH]c5cccc6c7ccsc7n(c21)c3c4c56. The summed E-state index contributed by atoms with van der Waals surface area (Å²) in [7, 11) is 0. The van der Waals surface area contributed by atoms with Gasteiger partial charge in [0.2, 0.25) is 0 Å². The third-order valence-electron chi connectivity index (χ3n) is 6.16. The molecule has 1 N–H and O–H groups in total. The lowest BCUT2D eigenvalue weighted by molar-refractivity contribution is 0.673. The molecule has 0 atom stereocenters. The van der Waals surface area contributed by atoms with Crippen LogP contribution in [0.3, 0.4) is 0 Å². The van der Waals surface area contributed by atoms with Gasteiger partial charge in [-0.15, -0.1) is 11.3 Å². The maximum Gasteiger partial charge on any atom is 0.161 e. The monoisotopic (exact) mass is 376 g/mol. The average Bonchev–Trinajstić information content (AvgIpc) is 3.45. The highest BCUT2D eigenvalue weighted by molar-refractivity contribution is 7.17. The Morgan fingerprint density at radius 3 is 2.61 bits per heavy atom. The van der Waals surface area contributed by atoms with E-state index in [0.29, 0.717) is 0 Å². The van der Waals surface area contributed by atoms with Crippen LogP contribution >= 0.6 is 11.3 Å². The number of benzene rings is 3. The predicted octanol–water partition coefficient (Wildman–Crippen LogP) is 7.28. The number of nitrogens with one attached hydrogen (secondary N) is 1. The van der Waals surface area contributed by atoms with E-state index in [-0.39, 0.29) is 0 Å². The van der Waals surface area contributed by atoms with Crippen molar-refractivity contribution < 1.29 is 4.42 Å². The molecule has 28 heavy (non-hydrogen) atoms. The first-order chi connectivity index (χ1) is 13.9. The third kappa shape index (κ3) is 1.33. The fourth-order valence-corrected chi connectivity index (χ4v) is 6.02. The Morgan fingerprint density at radius 1 is 0.714 bits per heavy atom. The second kappa shape index (κ2) is 4.32. The molecule has 0 radical (unpaired) electrons. The molecule has 3 nitrogen and oxygen atoms in total. The van der Waals surface area contributed by atoms with Gasteiger partial charge in [0, 0.05) is 38.0 Å². The minimum atomic E-state index is 0.942. The topological polar surface area (TPSA) is 33.3 Å². The highest BCUT2D eigenvalue weighted by Crippen LogP contribution is 2.45. The maximum absolute atomic E-state index is 6.37. The largest absolute Gasteiger partial charge is 0.454 e. The smallest absolute Gasteiger partial charge is 0.161 e. The fourth-order valence-electron chi connectivity index (χ4n) is 5.09. The van der Waals surface area contributed by atoms with Gasteiger partial charge in [0.15, 0.2) is 5.58 Å². The summed E-state index contributed by atoms with van der Waals surface area (Å²) in [4.78, 5) is 4.89. The van der Waals surface area contributed by atoms with Gasteiger partial charge < -0.3 is 9.40 Å². The van der Waals surface area contributed by atoms with E-state index in [1.165, 1.54) is 59.2 Å². The second-order valence-electron chi connectivity index (χ2n) is 7.49. The molecule has 0 aliphatic heterocycles. The van der Waals surface area contributed by atoms with Crippen LogP contribution in [0.1, 0.15) is 0 Å². The number of furan rings is 1. The van der Waals surface area contributed by atoms with Crippen LogP contribution in [0.15, 0.2) is 70.5 Å². The quantitative estimate of drug-likeness (QED) is 0.296. The van der Waals surface area contributed by atoms with Crippen LogP contribution in [0.2, 0.25) is 0 Å². The molecule has 3 aromatic carbocycles. The first kappa shape index (κ1) is 13.6. The van der Waals surface area contributed by atoms with Crippen molar-refractivity contribution in [2.75, 3.05) is 0 Å². The standard InChI is InChI=1S/C24H12N2OS/c1-2-7-18-14(4-1)22-23(27-18)15-8-9-17-20-19-12(5-3-6-16(19)25-17)13-10-11-28-24(13)26(22)21(15)20/h1-11,25H. The van der Waals surface area contributed by atoms with Crippen LogP contribution < -0.4 is 0 Å². The molecule has 8 rings (SSSR count). The molecule has 0 aliphatic carbocycles. The summed E-state index contributed by atoms with van der Waals surface area (Å²) < 4.78 is 8.81. The van der Waals surface area contributed by atoms with Gasteiger partial charge >= 0.3 is 0 Å². The van der Waals surface area contributed by atoms with Crippen LogP contribution in [0, 0.1) is 0 Å². The summed E-state index contributed by atoms with van der Waals surface area (Å²) in [6, 6.07) is 21.6. The first-order valence-electron chi connectivity index (χ1n) is 9.37. The summed E-state index contributed by atoms with van der Waals surface area (Å²) in [5.41, 5.74) is 6.70. The first-order valence-corrected chi connectivity index (χ1v) is 10.3. The van der Waals surface area contributed by atoms with Gasteiger partial charge in [-0.25, -0.2) is 0 Å². The Balaban J connectivity index is 1.92. The highest BCUT2D eigenvalue weighted by atomic mass is 32.1. The molecule has 0 bridgehead atoms. The zero-order valence-electron chi connectivity index (χ0n) is 14.6. The number of thiophene rings is 1. The Hall–Kier alpha value is -3.50. The van der Waals surface area contributed by atoms with Gasteiger partial charge in [-0.1, -0.05) is 24.3 Å². The minimum absolute atomic E-state index is 0.942. The number of H-pyrrole nitrogens is 1. The number of rotatable bonds is 0.